The third-order valence-corrected chi connectivity index (χ3v) is 5.72. The molecule has 4 rings (SSSR count). The lowest BCUT2D eigenvalue weighted by Crippen LogP contribution is -2.44. The molecule has 6 heteroatoms. The second kappa shape index (κ2) is 7.58. The van der Waals surface area contributed by atoms with E-state index in [-0.39, 0.29) is 17.8 Å². The van der Waals surface area contributed by atoms with Gasteiger partial charge in [-0.3, -0.25) is 9.69 Å². The summed E-state index contributed by atoms with van der Waals surface area (Å²) in [6, 6.07) is 14.3. The second-order valence-corrected chi connectivity index (χ2v) is 7.56. The van der Waals surface area contributed by atoms with Gasteiger partial charge in [0.1, 0.15) is 5.82 Å². The fourth-order valence-electron chi connectivity index (χ4n) is 3.31. The number of fused-ring (bicyclic) bond motifs is 1. The molecule has 0 bridgehead atoms. The molecule has 27 heavy (non-hydrogen) atoms. The Morgan fingerprint density at radius 2 is 1.93 bits per heavy atom. The number of hydrogen-bond acceptors (Lipinski definition) is 4. The highest BCUT2D eigenvalue weighted by Gasteiger charge is 2.25. The zero-order valence-electron chi connectivity index (χ0n) is 15.0. The van der Waals surface area contributed by atoms with Crippen molar-refractivity contribution in [1.29, 1.82) is 0 Å². The number of rotatable bonds is 4. The maximum atomic E-state index is 13.1. The zero-order chi connectivity index (χ0) is 18.8. The van der Waals surface area contributed by atoms with Crippen molar-refractivity contribution in [1.82, 2.24) is 9.88 Å². The summed E-state index contributed by atoms with van der Waals surface area (Å²) in [5, 5.41) is 5.34. The van der Waals surface area contributed by atoms with Crippen molar-refractivity contribution in [2.24, 2.45) is 0 Å². The van der Waals surface area contributed by atoms with Crippen LogP contribution in [0.4, 0.5) is 9.52 Å². The monoisotopic (exact) mass is 381 g/mol. The topological polar surface area (TPSA) is 45.2 Å². The number of carbonyl (C=O) groups is 1. The van der Waals surface area contributed by atoms with Gasteiger partial charge in [-0.2, -0.15) is 0 Å². The summed E-state index contributed by atoms with van der Waals surface area (Å²) in [6.07, 6.45) is 0.958. The molecule has 0 unspecified atom stereocenters. The highest BCUT2D eigenvalue weighted by atomic mass is 32.1. The van der Waals surface area contributed by atoms with Gasteiger partial charge in [-0.15, -0.1) is 11.3 Å². The predicted molar refractivity (Wildman–Crippen MR) is 106 cm³/mol. The van der Waals surface area contributed by atoms with Crippen LogP contribution in [0.1, 0.15) is 18.1 Å². The maximum absolute atomic E-state index is 13.1. The molecule has 4 nitrogen and oxygen atoms in total. The molecule has 2 aromatic carbocycles. The Morgan fingerprint density at radius 3 is 2.70 bits per heavy atom. The summed E-state index contributed by atoms with van der Waals surface area (Å²) in [7, 11) is 0. The predicted octanol–water partition coefficient (Wildman–Crippen LogP) is 4.33. The van der Waals surface area contributed by atoms with Crippen LogP contribution in [0.25, 0.3) is 11.3 Å². The third-order valence-electron chi connectivity index (χ3n) is 4.96. The van der Waals surface area contributed by atoms with E-state index in [1.165, 1.54) is 34.6 Å². The summed E-state index contributed by atoms with van der Waals surface area (Å²) in [6.45, 7) is 3.57. The molecule has 0 aliphatic carbocycles. The molecule has 1 aliphatic rings. The number of halogens is 1. The van der Waals surface area contributed by atoms with Crippen LogP contribution in [0.3, 0.4) is 0 Å². The fraction of sp³-hybridized carbons (Fsp3) is 0.238. The van der Waals surface area contributed by atoms with Gasteiger partial charge in [-0.1, -0.05) is 24.3 Å². The first-order chi connectivity index (χ1) is 13.1. The van der Waals surface area contributed by atoms with Crippen molar-refractivity contribution in [2.45, 2.75) is 25.9 Å². The first-order valence-electron chi connectivity index (χ1n) is 8.93. The summed E-state index contributed by atoms with van der Waals surface area (Å²) in [4.78, 5) is 19.3. The third kappa shape index (κ3) is 3.91. The largest absolute Gasteiger partial charge is 0.301 e. The summed E-state index contributed by atoms with van der Waals surface area (Å²) in [5.41, 5.74) is 4.21. The van der Waals surface area contributed by atoms with Crippen molar-refractivity contribution in [2.75, 3.05) is 11.9 Å². The Balaban J connectivity index is 1.41. The number of hydrogen-bond donors (Lipinski definition) is 1. The average Bonchev–Trinajstić information content (AvgIpc) is 3.16. The lowest BCUT2D eigenvalue weighted by atomic mass is 9.99. The van der Waals surface area contributed by atoms with E-state index in [1.54, 1.807) is 12.1 Å². The van der Waals surface area contributed by atoms with E-state index in [9.17, 15) is 9.18 Å². The minimum absolute atomic E-state index is 0.0608. The maximum Gasteiger partial charge on any atom is 0.243 e. The van der Waals surface area contributed by atoms with Crippen LogP contribution in [0.2, 0.25) is 0 Å². The molecule has 138 valence electrons. The van der Waals surface area contributed by atoms with Crippen molar-refractivity contribution < 1.29 is 9.18 Å². The molecule has 0 saturated carbocycles. The van der Waals surface area contributed by atoms with Gasteiger partial charge in [0.15, 0.2) is 5.13 Å². The smallest absolute Gasteiger partial charge is 0.243 e. The van der Waals surface area contributed by atoms with E-state index in [2.05, 4.69) is 33.4 Å². The zero-order valence-corrected chi connectivity index (χ0v) is 15.8. The lowest BCUT2D eigenvalue weighted by Gasteiger charge is -2.32. The van der Waals surface area contributed by atoms with Crippen LogP contribution < -0.4 is 5.32 Å². The summed E-state index contributed by atoms with van der Waals surface area (Å²) < 4.78 is 13.1. The van der Waals surface area contributed by atoms with E-state index in [0.717, 1.165) is 30.8 Å². The second-order valence-electron chi connectivity index (χ2n) is 6.70. The molecule has 3 aromatic rings. The van der Waals surface area contributed by atoms with Crippen molar-refractivity contribution in [3.63, 3.8) is 0 Å². The highest BCUT2D eigenvalue weighted by Crippen LogP contribution is 2.26. The number of thiazole rings is 1. The number of anilines is 1. The Hall–Kier alpha value is -2.57. The van der Waals surface area contributed by atoms with Crippen LogP contribution >= 0.6 is 11.3 Å². The molecular weight excluding hydrogens is 361 g/mol. The van der Waals surface area contributed by atoms with Gasteiger partial charge in [0.2, 0.25) is 5.91 Å². The van der Waals surface area contributed by atoms with Crippen molar-refractivity contribution in [3.8, 4) is 11.3 Å². The number of amides is 1. The minimum atomic E-state index is -0.278. The fourth-order valence-corrected chi connectivity index (χ4v) is 4.03. The van der Waals surface area contributed by atoms with E-state index >= 15 is 0 Å². The van der Waals surface area contributed by atoms with Gasteiger partial charge in [-0.25, -0.2) is 9.37 Å². The van der Waals surface area contributed by atoms with Gasteiger partial charge < -0.3 is 5.32 Å². The molecule has 1 aromatic heterocycles. The Bertz CT molecular complexity index is 954. The summed E-state index contributed by atoms with van der Waals surface area (Å²) >= 11 is 1.37. The van der Waals surface area contributed by atoms with Gasteiger partial charge in [0.25, 0.3) is 0 Å². The van der Waals surface area contributed by atoms with E-state index in [0.29, 0.717) is 5.13 Å². The number of nitrogens with one attached hydrogen (secondary N) is 1. The van der Waals surface area contributed by atoms with Gasteiger partial charge in [0.05, 0.1) is 11.7 Å². The number of nitrogens with zero attached hydrogens (tertiary/aromatic N) is 2. The van der Waals surface area contributed by atoms with E-state index < -0.39 is 0 Å². The molecule has 2 heterocycles. The first-order valence-corrected chi connectivity index (χ1v) is 9.81. The standard InChI is InChI=1S/C21H20FN3OS/c1-14(25-11-10-15-4-2-3-5-17(15)12-25)20(26)24-21-23-19(13-27-21)16-6-8-18(22)9-7-16/h2-9,13-14H,10-12H2,1H3,(H,23,24,26)/t14-/m0/s1. The van der Waals surface area contributed by atoms with Gasteiger partial charge >= 0.3 is 0 Å². The number of aromatic nitrogens is 1. The van der Waals surface area contributed by atoms with Crippen LogP contribution in [0, 0.1) is 5.82 Å². The Labute approximate surface area is 161 Å². The van der Waals surface area contributed by atoms with Crippen LogP contribution in [-0.2, 0) is 17.8 Å². The molecule has 1 amide bonds. The molecule has 1 atom stereocenters. The minimum Gasteiger partial charge on any atom is -0.301 e. The highest BCUT2D eigenvalue weighted by molar-refractivity contribution is 7.14. The lowest BCUT2D eigenvalue weighted by molar-refractivity contribution is -0.121. The summed E-state index contributed by atoms with van der Waals surface area (Å²) in [5.74, 6) is -0.339. The molecule has 0 fully saturated rings. The van der Waals surface area contributed by atoms with Crippen LogP contribution in [0.5, 0.6) is 0 Å². The first kappa shape index (κ1) is 17.8. The SMILES string of the molecule is C[C@@H](C(=O)Nc1nc(-c2ccc(F)cc2)cs1)N1CCc2ccccc2C1. The van der Waals surface area contributed by atoms with Crippen LogP contribution in [-0.4, -0.2) is 28.4 Å². The average molecular weight is 381 g/mol. The van der Waals surface area contributed by atoms with Gasteiger partial charge in [0, 0.05) is 24.0 Å². The van der Waals surface area contributed by atoms with E-state index in [4.69, 9.17) is 0 Å². The van der Waals surface area contributed by atoms with Crippen molar-refractivity contribution in [3.05, 3.63) is 70.9 Å². The Morgan fingerprint density at radius 1 is 1.19 bits per heavy atom. The van der Waals surface area contributed by atoms with E-state index in [1.807, 2.05) is 18.4 Å². The quantitative estimate of drug-likeness (QED) is 0.731. The molecule has 1 N–H and O–H groups in total. The van der Waals surface area contributed by atoms with Crippen LogP contribution in [0.15, 0.2) is 53.9 Å². The Kier molecular flexibility index (Phi) is 5.01. The van der Waals surface area contributed by atoms with Gasteiger partial charge in [-0.05, 0) is 48.7 Å². The molecular formula is C21H20FN3OS. The molecule has 0 radical (unpaired) electrons. The normalized spacial score (nSPS) is 15.2. The molecule has 0 saturated heterocycles. The number of benzene rings is 2. The number of carbonyl (C=O) groups excluding carboxylic acids is 1. The molecule has 1 aliphatic heterocycles. The van der Waals surface area contributed by atoms with Crippen molar-refractivity contribution >= 4 is 22.4 Å². The molecule has 0 spiro atoms.